The number of fused-ring (bicyclic) bond motifs is 1. The molecule has 0 spiro atoms. The SMILES string of the molecule is O=C(O)CNC(=O)c1c(O)c2cc(Cl)cc(-c3cccs3)c2oc1=O. The van der Waals surface area contributed by atoms with Gasteiger partial charge >= 0.3 is 11.6 Å². The van der Waals surface area contributed by atoms with Gasteiger partial charge in [-0.05, 0) is 23.6 Å². The van der Waals surface area contributed by atoms with Crippen molar-refractivity contribution in [1.82, 2.24) is 5.32 Å². The van der Waals surface area contributed by atoms with E-state index in [1.807, 2.05) is 10.7 Å². The number of thiophene rings is 1. The molecule has 0 saturated heterocycles. The van der Waals surface area contributed by atoms with E-state index in [1.54, 1.807) is 18.2 Å². The van der Waals surface area contributed by atoms with Crippen LogP contribution in [0.15, 0.2) is 38.9 Å². The van der Waals surface area contributed by atoms with Gasteiger partial charge in [-0.1, -0.05) is 17.7 Å². The first-order chi connectivity index (χ1) is 11.9. The van der Waals surface area contributed by atoms with Crippen LogP contribution in [0.25, 0.3) is 21.4 Å². The molecule has 3 aromatic rings. The van der Waals surface area contributed by atoms with Gasteiger partial charge in [-0.2, -0.15) is 0 Å². The van der Waals surface area contributed by atoms with Crippen LogP contribution >= 0.6 is 22.9 Å². The number of carboxylic acids is 1. The maximum Gasteiger partial charge on any atom is 0.353 e. The number of hydrogen-bond donors (Lipinski definition) is 3. The Morgan fingerprint density at radius 3 is 2.72 bits per heavy atom. The predicted molar refractivity (Wildman–Crippen MR) is 92.4 cm³/mol. The Bertz CT molecular complexity index is 1040. The van der Waals surface area contributed by atoms with Gasteiger partial charge in [0.1, 0.15) is 12.3 Å². The van der Waals surface area contributed by atoms with E-state index in [4.69, 9.17) is 21.1 Å². The molecule has 2 aromatic heterocycles. The summed E-state index contributed by atoms with van der Waals surface area (Å²) in [6.45, 7) is -0.703. The highest BCUT2D eigenvalue weighted by Gasteiger charge is 2.23. The van der Waals surface area contributed by atoms with Crippen molar-refractivity contribution in [3.63, 3.8) is 0 Å². The summed E-state index contributed by atoms with van der Waals surface area (Å²) < 4.78 is 5.24. The van der Waals surface area contributed by atoms with Crippen molar-refractivity contribution >= 4 is 45.8 Å². The first-order valence-corrected chi connectivity index (χ1v) is 8.17. The third-order valence-electron chi connectivity index (χ3n) is 3.36. The summed E-state index contributed by atoms with van der Waals surface area (Å²) >= 11 is 7.47. The standard InChI is InChI=1S/C16H10ClNO6S/c17-7-4-8(10-2-1-3-25-10)14-9(5-7)13(21)12(16(23)24-14)15(22)18-6-11(19)20/h1-5,21H,6H2,(H,18,22)(H,19,20). The Balaban J connectivity index is 2.22. The van der Waals surface area contributed by atoms with E-state index in [0.29, 0.717) is 5.56 Å². The quantitative estimate of drug-likeness (QED) is 0.600. The van der Waals surface area contributed by atoms with Gasteiger partial charge in [-0.15, -0.1) is 11.3 Å². The van der Waals surface area contributed by atoms with Crippen LogP contribution in [0.5, 0.6) is 5.75 Å². The Labute approximate surface area is 149 Å². The summed E-state index contributed by atoms with van der Waals surface area (Å²) in [4.78, 5) is 35.5. The number of carbonyl (C=O) groups excluding carboxylic acids is 1. The first kappa shape index (κ1) is 17.0. The summed E-state index contributed by atoms with van der Waals surface area (Å²) in [5.74, 6) is -2.95. The lowest BCUT2D eigenvalue weighted by atomic mass is 10.1. The number of hydrogen-bond acceptors (Lipinski definition) is 6. The summed E-state index contributed by atoms with van der Waals surface area (Å²) in [5.41, 5.74) is -1.16. The van der Waals surface area contributed by atoms with Crippen molar-refractivity contribution < 1.29 is 24.2 Å². The van der Waals surface area contributed by atoms with Crippen LogP contribution in [0.4, 0.5) is 0 Å². The summed E-state index contributed by atoms with van der Waals surface area (Å²) in [5, 5.41) is 23.2. The molecule has 0 aliphatic heterocycles. The van der Waals surface area contributed by atoms with E-state index in [0.717, 1.165) is 4.88 Å². The predicted octanol–water partition coefficient (Wildman–Crippen LogP) is 2.69. The van der Waals surface area contributed by atoms with E-state index in [-0.39, 0.29) is 16.0 Å². The molecular weight excluding hydrogens is 370 g/mol. The number of amides is 1. The zero-order valence-corrected chi connectivity index (χ0v) is 14.0. The summed E-state index contributed by atoms with van der Waals surface area (Å²) in [6.07, 6.45) is 0. The van der Waals surface area contributed by atoms with Gasteiger partial charge in [0.2, 0.25) is 0 Å². The number of aromatic hydroxyl groups is 1. The van der Waals surface area contributed by atoms with Crippen LogP contribution in [0, 0.1) is 0 Å². The molecule has 128 valence electrons. The van der Waals surface area contributed by atoms with Crippen LogP contribution in [0.3, 0.4) is 0 Å². The second kappa shape index (κ2) is 6.58. The molecule has 0 fully saturated rings. The molecule has 0 saturated carbocycles. The monoisotopic (exact) mass is 379 g/mol. The highest BCUT2D eigenvalue weighted by Crippen LogP contribution is 2.38. The maximum atomic E-state index is 12.2. The highest BCUT2D eigenvalue weighted by molar-refractivity contribution is 7.13. The van der Waals surface area contributed by atoms with E-state index in [9.17, 15) is 19.5 Å². The minimum absolute atomic E-state index is 0.0796. The van der Waals surface area contributed by atoms with Gasteiger partial charge in [-0.25, -0.2) is 4.79 Å². The van der Waals surface area contributed by atoms with Crippen molar-refractivity contribution in [2.24, 2.45) is 0 Å². The number of carboxylic acid groups (broad SMARTS) is 1. The zero-order valence-electron chi connectivity index (χ0n) is 12.4. The fraction of sp³-hybridized carbons (Fsp3) is 0.0625. The number of aliphatic carboxylic acids is 1. The average molecular weight is 380 g/mol. The molecule has 1 aromatic carbocycles. The molecule has 0 aliphatic carbocycles. The van der Waals surface area contributed by atoms with Crippen molar-refractivity contribution in [2.45, 2.75) is 0 Å². The third kappa shape index (κ3) is 3.21. The molecule has 9 heteroatoms. The van der Waals surface area contributed by atoms with E-state index < -0.39 is 35.4 Å². The third-order valence-corrected chi connectivity index (χ3v) is 4.48. The van der Waals surface area contributed by atoms with Crippen LogP contribution in [-0.4, -0.2) is 28.6 Å². The van der Waals surface area contributed by atoms with Gasteiger partial charge < -0.3 is 19.9 Å². The lowest BCUT2D eigenvalue weighted by Gasteiger charge is -2.09. The Morgan fingerprint density at radius 1 is 1.32 bits per heavy atom. The summed E-state index contributed by atoms with van der Waals surface area (Å²) in [7, 11) is 0. The molecule has 1 amide bonds. The maximum absolute atomic E-state index is 12.2. The van der Waals surface area contributed by atoms with Gasteiger partial charge in [0.15, 0.2) is 11.1 Å². The molecule has 0 atom stereocenters. The second-order valence-corrected chi connectivity index (χ2v) is 6.38. The fourth-order valence-electron chi connectivity index (χ4n) is 2.31. The van der Waals surface area contributed by atoms with Crippen LogP contribution in [0.1, 0.15) is 10.4 Å². The van der Waals surface area contributed by atoms with Crippen LogP contribution in [0.2, 0.25) is 5.02 Å². The normalized spacial score (nSPS) is 10.8. The van der Waals surface area contributed by atoms with Crippen molar-refractivity contribution in [3.8, 4) is 16.2 Å². The topological polar surface area (TPSA) is 117 Å². The minimum Gasteiger partial charge on any atom is -0.506 e. The van der Waals surface area contributed by atoms with Crippen LogP contribution in [-0.2, 0) is 4.79 Å². The molecule has 0 unspecified atom stereocenters. The minimum atomic E-state index is -1.29. The fourth-order valence-corrected chi connectivity index (χ4v) is 3.27. The van der Waals surface area contributed by atoms with Gasteiger partial charge in [0.25, 0.3) is 5.91 Å². The first-order valence-electron chi connectivity index (χ1n) is 6.91. The lowest BCUT2D eigenvalue weighted by Crippen LogP contribution is -2.32. The molecule has 7 nitrogen and oxygen atoms in total. The molecule has 0 radical (unpaired) electrons. The van der Waals surface area contributed by atoms with Gasteiger partial charge in [0, 0.05) is 15.5 Å². The van der Waals surface area contributed by atoms with Crippen LogP contribution < -0.4 is 10.9 Å². The molecule has 0 bridgehead atoms. The largest absolute Gasteiger partial charge is 0.506 e. The molecule has 0 aliphatic rings. The zero-order chi connectivity index (χ0) is 18.1. The number of halogens is 1. The molecule has 25 heavy (non-hydrogen) atoms. The van der Waals surface area contributed by atoms with E-state index in [1.165, 1.54) is 17.4 Å². The van der Waals surface area contributed by atoms with Crippen molar-refractivity contribution in [3.05, 3.63) is 50.7 Å². The average Bonchev–Trinajstić information content (AvgIpc) is 3.07. The Morgan fingerprint density at radius 2 is 2.08 bits per heavy atom. The molecule has 3 N–H and O–H groups in total. The highest BCUT2D eigenvalue weighted by atomic mass is 35.5. The van der Waals surface area contributed by atoms with Gasteiger partial charge in [0.05, 0.1) is 5.39 Å². The number of rotatable bonds is 4. The molecule has 3 rings (SSSR count). The van der Waals surface area contributed by atoms with E-state index in [2.05, 4.69) is 0 Å². The number of nitrogens with one attached hydrogen (secondary N) is 1. The smallest absolute Gasteiger partial charge is 0.353 e. The number of benzene rings is 1. The Hall–Kier alpha value is -2.84. The lowest BCUT2D eigenvalue weighted by molar-refractivity contribution is -0.135. The second-order valence-electron chi connectivity index (χ2n) is 5.00. The van der Waals surface area contributed by atoms with Gasteiger partial charge in [-0.3, -0.25) is 9.59 Å². The van der Waals surface area contributed by atoms with Crippen molar-refractivity contribution in [1.29, 1.82) is 0 Å². The Kier molecular flexibility index (Phi) is 4.47. The summed E-state index contributed by atoms with van der Waals surface area (Å²) in [6, 6.07) is 6.54. The van der Waals surface area contributed by atoms with E-state index >= 15 is 0 Å². The number of carbonyl (C=O) groups is 2. The van der Waals surface area contributed by atoms with Crippen molar-refractivity contribution in [2.75, 3.05) is 6.54 Å². The molecular formula is C16H10ClNO6S. The molecule has 2 heterocycles.